The number of rotatable bonds is 1. The van der Waals surface area contributed by atoms with Crippen LogP contribution >= 0.6 is 11.6 Å². The zero-order valence-corrected chi connectivity index (χ0v) is 6.65. The van der Waals surface area contributed by atoms with Gasteiger partial charge in [0.15, 0.2) is 0 Å². The fraction of sp³-hybridized carbons (Fsp3) is 0.167. The Balaban J connectivity index is 3.27. The number of pyridine rings is 1. The van der Waals surface area contributed by atoms with Gasteiger partial charge in [0.05, 0.1) is 22.6 Å². The van der Waals surface area contributed by atoms with Crippen LogP contribution < -0.4 is 11.5 Å². The van der Waals surface area contributed by atoms with Crippen LogP contribution in [-0.4, -0.2) is 4.98 Å². The summed E-state index contributed by atoms with van der Waals surface area (Å²) in [5, 5.41) is -0.273. The normalized spacial score (nSPS) is 10.7. The molecule has 0 aliphatic rings. The molecule has 0 aromatic carbocycles. The lowest BCUT2D eigenvalue weighted by atomic mass is 10.3. The highest BCUT2D eigenvalue weighted by Crippen LogP contribution is 2.32. The zero-order valence-electron chi connectivity index (χ0n) is 5.89. The van der Waals surface area contributed by atoms with Crippen LogP contribution in [0.15, 0.2) is 6.20 Å². The van der Waals surface area contributed by atoms with Gasteiger partial charge in [0.25, 0.3) is 6.43 Å². The van der Waals surface area contributed by atoms with E-state index in [9.17, 15) is 8.78 Å². The van der Waals surface area contributed by atoms with Gasteiger partial charge in [-0.2, -0.15) is 0 Å². The van der Waals surface area contributed by atoms with Gasteiger partial charge in [-0.3, -0.25) is 4.98 Å². The van der Waals surface area contributed by atoms with Crippen molar-refractivity contribution in [3.05, 3.63) is 16.9 Å². The first-order valence-corrected chi connectivity index (χ1v) is 3.39. The minimum absolute atomic E-state index is 0.0537. The van der Waals surface area contributed by atoms with Crippen molar-refractivity contribution in [3.63, 3.8) is 0 Å². The lowest BCUT2D eigenvalue weighted by molar-refractivity contribution is 0.146. The summed E-state index contributed by atoms with van der Waals surface area (Å²) >= 11 is 5.45. The molecule has 0 saturated heterocycles. The number of alkyl halides is 2. The van der Waals surface area contributed by atoms with Gasteiger partial charge < -0.3 is 11.5 Å². The second-order valence-electron chi connectivity index (χ2n) is 2.13. The van der Waals surface area contributed by atoms with E-state index in [0.717, 1.165) is 6.20 Å². The highest BCUT2D eigenvalue weighted by molar-refractivity contribution is 6.34. The SMILES string of the molecule is Nc1cnc(C(F)F)c(Cl)c1N. The molecule has 0 amide bonds. The summed E-state index contributed by atoms with van der Waals surface area (Å²) in [7, 11) is 0. The molecular formula is C6H6ClF2N3. The molecule has 0 bridgehead atoms. The topological polar surface area (TPSA) is 64.9 Å². The van der Waals surface area contributed by atoms with Crippen LogP contribution in [0.4, 0.5) is 20.2 Å². The molecule has 66 valence electrons. The Hall–Kier alpha value is -1.10. The van der Waals surface area contributed by atoms with Crippen molar-refractivity contribution in [2.45, 2.75) is 6.43 Å². The van der Waals surface area contributed by atoms with E-state index in [1.807, 2.05) is 0 Å². The van der Waals surface area contributed by atoms with Crippen LogP contribution in [0, 0.1) is 0 Å². The molecule has 0 radical (unpaired) electrons. The first-order chi connectivity index (χ1) is 5.54. The highest BCUT2D eigenvalue weighted by Gasteiger charge is 2.16. The summed E-state index contributed by atoms with van der Waals surface area (Å²) < 4.78 is 24.2. The van der Waals surface area contributed by atoms with Gasteiger partial charge in [0.1, 0.15) is 5.69 Å². The number of anilines is 2. The number of hydrogen-bond donors (Lipinski definition) is 2. The predicted octanol–water partition coefficient (Wildman–Crippen LogP) is 1.84. The van der Waals surface area contributed by atoms with E-state index < -0.39 is 12.1 Å². The third-order valence-electron chi connectivity index (χ3n) is 1.32. The number of nitrogen functional groups attached to an aromatic ring is 2. The van der Waals surface area contributed by atoms with Crippen LogP contribution in [0.5, 0.6) is 0 Å². The van der Waals surface area contributed by atoms with E-state index >= 15 is 0 Å². The molecule has 0 spiro atoms. The van der Waals surface area contributed by atoms with E-state index in [1.54, 1.807) is 0 Å². The lowest BCUT2D eigenvalue weighted by Gasteiger charge is -2.06. The standard InChI is InChI=1S/C6H6ClF2N3/c7-3-4(11)2(10)1-12-5(3)6(8)9/h1,6H,10H2,(H2,11,12). The summed E-state index contributed by atoms with van der Waals surface area (Å²) in [6.07, 6.45) is -1.68. The average molecular weight is 194 g/mol. The van der Waals surface area contributed by atoms with Crippen molar-refractivity contribution >= 4 is 23.0 Å². The van der Waals surface area contributed by atoms with Crippen LogP contribution in [0.3, 0.4) is 0 Å². The molecule has 0 unspecified atom stereocenters. The number of halogens is 3. The lowest BCUT2D eigenvalue weighted by Crippen LogP contribution is -2.01. The molecule has 1 aromatic rings. The Morgan fingerprint density at radius 2 is 2.00 bits per heavy atom. The molecular weight excluding hydrogens is 188 g/mol. The van der Waals surface area contributed by atoms with E-state index in [-0.39, 0.29) is 16.4 Å². The molecule has 0 aliphatic carbocycles. The minimum atomic E-state index is -2.74. The van der Waals surface area contributed by atoms with Crippen molar-refractivity contribution in [2.24, 2.45) is 0 Å². The average Bonchev–Trinajstić information content (AvgIpc) is 2.00. The molecule has 1 aromatic heterocycles. The van der Waals surface area contributed by atoms with Crippen molar-refractivity contribution in [1.82, 2.24) is 4.98 Å². The molecule has 0 saturated carbocycles. The van der Waals surface area contributed by atoms with E-state index in [0.29, 0.717) is 0 Å². The smallest absolute Gasteiger partial charge is 0.281 e. The molecule has 0 fully saturated rings. The highest BCUT2D eigenvalue weighted by atomic mass is 35.5. The Morgan fingerprint density at radius 3 is 2.50 bits per heavy atom. The van der Waals surface area contributed by atoms with Gasteiger partial charge in [0, 0.05) is 0 Å². The van der Waals surface area contributed by atoms with E-state index in [2.05, 4.69) is 4.98 Å². The summed E-state index contributed by atoms with van der Waals surface area (Å²) in [5.74, 6) is 0. The molecule has 12 heavy (non-hydrogen) atoms. The molecule has 0 aliphatic heterocycles. The fourth-order valence-corrected chi connectivity index (χ4v) is 0.923. The van der Waals surface area contributed by atoms with Crippen LogP contribution in [-0.2, 0) is 0 Å². The third-order valence-corrected chi connectivity index (χ3v) is 1.72. The summed E-state index contributed by atoms with van der Waals surface area (Å²) in [4.78, 5) is 3.35. The largest absolute Gasteiger partial charge is 0.396 e. The van der Waals surface area contributed by atoms with Gasteiger partial charge in [0.2, 0.25) is 0 Å². The van der Waals surface area contributed by atoms with Crippen LogP contribution in [0.1, 0.15) is 12.1 Å². The Morgan fingerprint density at radius 1 is 1.42 bits per heavy atom. The Labute approximate surface area is 72.3 Å². The second-order valence-corrected chi connectivity index (χ2v) is 2.51. The Bertz CT molecular complexity index is 303. The monoisotopic (exact) mass is 193 g/mol. The van der Waals surface area contributed by atoms with Crippen molar-refractivity contribution in [3.8, 4) is 0 Å². The van der Waals surface area contributed by atoms with Gasteiger partial charge >= 0.3 is 0 Å². The maximum absolute atomic E-state index is 12.1. The maximum atomic E-state index is 12.1. The second kappa shape index (κ2) is 3.10. The molecule has 1 rings (SSSR count). The number of hydrogen-bond acceptors (Lipinski definition) is 3. The molecule has 3 nitrogen and oxygen atoms in total. The van der Waals surface area contributed by atoms with E-state index in [4.69, 9.17) is 23.1 Å². The van der Waals surface area contributed by atoms with Gasteiger partial charge in [-0.1, -0.05) is 11.6 Å². The van der Waals surface area contributed by atoms with Gasteiger partial charge in [-0.05, 0) is 0 Å². The number of aromatic nitrogens is 1. The van der Waals surface area contributed by atoms with Crippen molar-refractivity contribution in [2.75, 3.05) is 11.5 Å². The van der Waals surface area contributed by atoms with Crippen molar-refractivity contribution < 1.29 is 8.78 Å². The quantitative estimate of drug-likeness (QED) is 0.715. The van der Waals surface area contributed by atoms with Gasteiger partial charge in [-0.15, -0.1) is 0 Å². The number of nitrogens with two attached hydrogens (primary N) is 2. The first kappa shape index (κ1) is 8.99. The van der Waals surface area contributed by atoms with E-state index in [1.165, 1.54) is 0 Å². The molecule has 1 heterocycles. The summed E-state index contributed by atoms with van der Waals surface area (Å²) in [5.41, 5.74) is 10.1. The Kier molecular flexibility index (Phi) is 2.32. The summed E-state index contributed by atoms with van der Waals surface area (Å²) in [6, 6.07) is 0. The maximum Gasteiger partial charge on any atom is 0.281 e. The molecule has 6 heteroatoms. The molecule has 4 N–H and O–H groups in total. The first-order valence-electron chi connectivity index (χ1n) is 3.01. The van der Waals surface area contributed by atoms with Crippen molar-refractivity contribution in [1.29, 1.82) is 0 Å². The zero-order chi connectivity index (χ0) is 9.30. The predicted molar refractivity (Wildman–Crippen MR) is 43.0 cm³/mol. The van der Waals surface area contributed by atoms with Gasteiger partial charge in [-0.25, -0.2) is 8.78 Å². The number of nitrogens with zero attached hydrogens (tertiary/aromatic N) is 1. The minimum Gasteiger partial charge on any atom is -0.396 e. The van der Waals surface area contributed by atoms with Crippen LogP contribution in [0.2, 0.25) is 5.02 Å². The fourth-order valence-electron chi connectivity index (χ4n) is 0.682. The third kappa shape index (κ3) is 1.40. The van der Waals surface area contributed by atoms with Crippen LogP contribution in [0.25, 0.3) is 0 Å². The summed E-state index contributed by atoms with van der Waals surface area (Å²) in [6.45, 7) is 0. The molecule has 0 atom stereocenters.